The molecule has 0 atom stereocenters. The second-order valence-electron chi connectivity index (χ2n) is 3.39. The number of aliphatic hydroxyl groups is 1. The van der Waals surface area contributed by atoms with Crippen LogP contribution in [0.15, 0.2) is 22.6 Å². The van der Waals surface area contributed by atoms with Gasteiger partial charge in [0.05, 0.1) is 6.61 Å². The predicted molar refractivity (Wildman–Crippen MR) is 55.7 cm³/mol. The second-order valence-corrected chi connectivity index (χ2v) is 3.39. The summed E-state index contributed by atoms with van der Waals surface area (Å²) in [4.78, 5) is 0. The average molecular weight is 238 g/mol. The third-order valence-electron chi connectivity index (χ3n) is 2.13. The Kier molecular flexibility index (Phi) is 3.34. The normalized spacial score (nSPS) is 10.5. The van der Waals surface area contributed by atoms with Crippen molar-refractivity contribution < 1.29 is 18.7 Å². The number of ether oxygens (including phenoxy) is 1. The van der Waals surface area contributed by atoms with Crippen molar-refractivity contribution in [2.45, 2.75) is 20.1 Å². The molecule has 1 N–H and O–H groups in total. The molecule has 0 aliphatic heterocycles. The maximum Gasteiger partial charge on any atom is 0.253 e. The first-order chi connectivity index (χ1) is 8.20. The molecule has 17 heavy (non-hydrogen) atoms. The smallest absolute Gasteiger partial charge is 0.253 e. The molecule has 0 bridgehead atoms. The van der Waals surface area contributed by atoms with E-state index in [0.29, 0.717) is 11.5 Å². The Morgan fingerprint density at radius 3 is 2.88 bits per heavy atom. The van der Waals surface area contributed by atoms with Crippen LogP contribution in [-0.4, -0.2) is 15.3 Å². The van der Waals surface area contributed by atoms with Gasteiger partial charge in [-0.3, -0.25) is 0 Å². The van der Waals surface area contributed by atoms with Crippen LogP contribution in [0.4, 0.5) is 4.39 Å². The molecule has 0 saturated carbocycles. The molecule has 0 aliphatic rings. The number of benzene rings is 1. The average Bonchev–Trinajstić information content (AvgIpc) is 2.73. The van der Waals surface area contributed by atoms with Gasteiger partial charge < -0.3 is 14.3 Å². The minimum absolute atomic E-state index is 0.00542. The summed E-state index contributed by atoms with van der Waals surface area (Å²) in [6.07, 6.45) is 0. The second kappa shape index (κ2) is 4.92. The fourth-order valence-corrected chi connectivity index (χ4v) is 1.37. The van der Waals surface area contributed by atoms with E-state index >= 15 is 0 Å². The van der Waals surface area contributed by atoms with E-state index < -0.39 is 5.82 Å². The van der Waals surface area contributed by atoms with E-state index in [1.54, 1.807) is 13.0 Å². The van der Waals surface area contributed by atoms with Crippen LogP contribution >= 0.6 is 0 Å². The Hall–Kier alpha value is -1.95. The summed E-state index contributed by atoms with van der Waals surface area (Å²) < 4.78 is 23.8. The first-order valence-corrected chi connectivity index (χ1v) is 5.00. The number of halogens is 1. The largest absolute Gasteiger partial charge is 0.480 e. The summed E-state index contributed by atoms with van der Waals surface area (Å²) in [6, 6.07) is 4.34. The van der Waals surface area contributed by atoms with Gasteiger partial charge in [-0.2, -0.15) is 0 Å². The number of nitrogens with zero attached hydrogens (tertiary/aromatic N) is 2. The van der Waals surface area contributed by atoms with E-state index in [0.717, 1.165) is 0 Å². The Bertz CT molecular complexity index is 513. The first-order valence-electron chi connectivity index (χ1n) is 5.00. The number of hydrogen-bond donors (Lipinski definition) is 1. The highest BCUT2D eigenvalue weighted by atomic mass is 19.1. The van der Waals surface area contributed by atoms with Gasteiger partial charge in [0.2, 0.25) is 5.89 Å². The Morgan fingerprint density at radius 1 is 1.41 bits per heavy atom. The van der Waals surface area contributed by atoms with Crippen molar-refractivity contribution in [2.24, 2.45) is 0 Å². The van der Waals surface area contributed by atoms with Crippen LogP contribution in [0.5, 0.6) is 5.75 Å². The van der Waals surface area contributed by atoms with E-state index in [-0.39, 0.29) is 24.9 Å². The molecule has 6 heteroatoms. The van der Waals surface area contributed by atoms with Gasteiger partial charge in [-0.05, 0) is 6.07 Å². The lowest BCUT2D eigenvalue weighted by Gasteiger charge is -2.08. The van der Waals surface area contributed by atoms with Crippen LogP contribution in [-0.2, 0) is 13.2 Å². The molecule has 0 amide bonds. The third-order valence-corrected chi connectivity index (χ3v) is 2.13. The minimum atomic E-state index is -0.534. The molecule has 2 aromatic rings. The Balaban J connectivity index is 2.13. The number of aliphatic hydroxyl groups excluding tert-OH is 1. The van der Waals surface area contributed by atoms with Crippen LogP contribution in [0.2, 0.25) is 0 Å². The number of hydrogen-bond acceptors (Lipinski definition) is 5. The molecule has 1 aromatic heterocycles. The fraction of sp³-hybridized carbons (Fsp3) is 0.273. The van der Waals surface area contributed by atoms with Crippen LogP contribution in [0.25, 0.3) is 0 Å². The molecule has 0 spiro atoms. The lowest BCUT2D eigenvalue weighted by atomic mass is 10.2. The molecule has 2 rings (SSSR count). The van der Waals surface area contributed by atoms with Crippen molar-refractivity contribution in [1.29, 1.82) is 0 Å². The molecule has 0 saturated heterocycles. The van der Waals surface area contributed by atoms with E-state index in [1.807, 2.05) is 0 Å². The number of para-hydroxylation sites is 1. The molecule has 0 radical (unpaired) electrons. The summed E-state index contributed by atoms with van der Waals surface area (Å²) in [5, 5.41) is 16.4. The molecule has 1 aromatic carbocycles. The SMILES string of the molecule is Cc1nnc(COc2c(F)cccc2CO)o1. The molecule has 5 nitrogen and oxygen atoms in total. The molecule has 0 aliphatic carbocycles. The van der Waals surface area contributed by atoms with E-state index in [2.05, 4.69) is 10.2 Å². The standard InChI is InChI=1S/C11H11FN2O3/c1-7-13-14-10(17-7)6-16-11-8(5-15)3-2-4-9(11)12/h2-4,15H,5-6H2,1H3. The maximum absolute atomic E-state index is 13.4. The molecule has 0 unspecified atom stereocenters. The maximum atomic E-state index is 13.4. The molecule has 90 valence electrons. The highest BCUT2D eigenvalue weighted by Gasteiger charge is 2.11. The van der Waals surface area contributed by atoms with Gasteiger partial charge in [0, 0.05) is 12.5 Å². The number of aromatic nitrogens is 2. The molecular weight excluding hydrogens is 227 g/mol. The summed E-state index contributed by atoms with van der Waals surface area (Å²) in [6.45, 7) is 1.32. The van der Waals surface area contributed by atoms with Gasteiger partial charge in [-0.1, -0.05) is 12.1 Å². The van der Waals surface area contributed by atoms with E-state index in [4.69, 9.17) is 14.3 Å². The van der Waals surface area contributed by atoms with Gasteiger partial charge >= 0.3 is 0 Å². The van der Waals surface area contributed by atoms with Crippen molar-refractivity contribution >= 4 is 0 Å². The third kappa shape index (κ3) is 2.59. The summed E-state index contributed by atoms with van der Waals surface area (Å²) in [5.41, 5.74) is 0.376. The van der Waals surface area contributed by atoms with E-state index in [1.165, 1.54) is 12.1 Å². The number of aryl methyl sites for hydroxylation is 1. The summed E-state index contributed by atoms with van der Waals surface area (Å²) in [7, 11) is 0. The Labute approximate surface area is 96.9 Å². The van der Waals surface area contributed by atoms with Gasteiger partial charge in [-0.25, -0.2) is 4.39 Å². The monoisotopic (exact) mass is 238 g/mol. The topological polar surface area (TPSA) is 68.4 Å². The van der Waals surface area contributed by atoms with Crippen molar-refractivity contribution in [2.75, 3.05) is 0 Å². The first kappa shape index (κ1) is 11.5. The molecular formula is C11H11FN2O3. The quantitative estimate of drug-likeness (QED) is 0.875. The zero-order valence-corrected chi connectivity index (χ0v) is 9.18. The van der Waals surface area contributed by atoms with Crippen LogP contribution < -0.4 is 4.74 Å². The van der Waals surface area contributed by atoms with Gasteiger partial charge in [0.25, 0.3) is 5.89 Å². The van der Waals surface area contributed by atoms with Crippen molar-refractivity contribution in [3.8, 4) is 5.75 Å². The molecule has 1 heterocycles. The predicted octanol–water partition coefficient (Wildman–Crippen LogP) is 1.59. The van der Waals surface area contributed by atoms with Gasteiger partial charge in [0.15, 0.2) is 18.2 Å². The zero-order chi connectivity index (χ0) is 12.3. The van der Waals surface area contributed by atoms with E-state index in [9.17, 15) is 4.39 Å². The minimum Gasteiger partial charge on any atom is -0.480 e. The fourth-order valence-electron chi connectivity index (χ4n) is 1.37. The lowest BCUT2D eigenvalue weighted by molar-refractivity contribution is 0.231. The molecule has 0 fully saturated rings. The Morgan fingerprint density at radius 2 is 2.24 bits per heavy atom. The summed E-state index contributed by atoms with van der Waals surface area (Å²) >= 11 is 0. The van der Waals surface area contributed by atoms with Crippen molar-refractivity contribution in [1.82, 2.24) is 10.2 Å². The van der Waals surface area contributed by atoms with Gasteiger partial charge in [0.1, 0.15) is 0 Å². The van der Waals surface area contributed by atoms with Crippen molar-refractivity contribution in [3.05, 3.63) is 41.4 Å². The lowest BCUT2D eigenvalue weighted by Crippen LogP contribution is -2.01. The van der Waals surface area contributed by atoms with Gasteiger partial charge in [-0.15, -0.1) is 10.2 Å². The van der Waals surface area contributed by atoms with Crippen LogP contribution in [0.3, 0.4) is 0 Å². The van der Waals surface area contributed by atoms with Crippen LogP contribution in [0.1, 0.15) is 17.3 Å². The highest BCUT2D eigenvalue weighted by Crippen LogP contribution is 2.23. The summed E-state index contributed by atoms with van der Waals surface area (Å²) in [5.74, 6) is 0.146. The van der Waals surface area contributed by atoms with Crippen LogP contribution in [0, 0.1) is 12.7 Å². The highest BCUT2D eigenvalue weighted by molar-refractivity contribution is 5.34. The number of rotatable bonds is 4. The van der Waals surface area contributed by atoms with Crippen molar-refractivity contribution in [3.63, 3.8) is 0 Å². The zero-order valence-electron chi connectivity index (χ0n) is 9.18.